The van der Waals surface area contributed by atoms with Crippen LogP contribution in [0.25, 0.3) is 0 Å². The van der Waals surface area contributed by atoms with Crippen LogP contribution >= 0.6 is 0 Å². The molecule has 1 atom stereocenters. The van der Waals surface area contributed by atoms with Gasteiger partial charge < -0.3 is 10.4 Å². The fourth-order valence-electron chi connectivity index (χ4n) is 0.725. The molecule has 3 heteroatoms. The number of aliphatic carboxylic acids is 1. The maximum Gasteiger partial charge on any atom is 0.320 e. The summed E-state index contributed by atoms with van der Waals surface area (Å²) in [5, 5.41) is 11.4. The lowest BCUT2D eigenvalue weighted by Gasteiger charge is -2.09. The van der Waals surface area contributed by atoms with Gasteiger partial charge in [-0.1, -0.05) is 6.92 Å². The Morgan fingerprint density at radius 2 is 2.45 bits per heavy atom. The molecule has 0 spiro atoms. The number of carboxylic acids is 1. The summed E-state index contributed by atoms with van der Waals surface area (Å²) in [4.78, 5) is 10.4. The van der Waals surface area contributed by atoms with Crippen molar-refractivity contribution in [3.05, 3.63) is 0 Å². The van der Waals surface area contributed by atoms with E-state index in [4.69, 9.17) is 11.5 Å². The molecule has 0 saturated heterocycles. The maximum atomic E-state index is 10.4. The quantitative estimate of drug-likeness (QED) is 0.448. The monoisotopic (exact) mass is 155 g/mol. The van der Waals surface area contributed by atoms with Crippen LogP contribution in [-0.2, 0) is 4.79 Å². The van der Waals surface area contributed by atoms with E-state index in [0.29, 0.717) is 19.4 Å². The first-order valence-electron chi connectivity index (χ1n) is 3.62. The van der Waals surface area contributed by atoms with Gasteiger partial charge >= 0.3 is 5.97 Å². The van der Waals surface area contributed by atoms with E-state index in [0.717, 1.165) is 0 Å². The summed E-state index contributed by atoms with van der Waals surface area (Å²) >= 11 is 0. The van der Waals surface area contributed by atoms with Gasteiger partial charge in [-0.2, -0.15) is 0 Å². The minimum absolute atomic E-state index is 0.455. The molecule has 0 radical (unpaired) electrons. The van der Waals surface area contributed by atoms with Crippen molar-refractivity contribution >= 4 is 5.97 Å². The molecule has 0 amide bonds. The van der Waals surface area contributed by atoms with E-state index in [1.54, 1.807) is 0 Å². The van der Waals surface area contributed by atoms with E-state index in [2.05, 4.69) is 11.2 Å². The number of hydrogen-bond acceptors (Lipinski definition) is 2. The van der Waals surface area contributed by atoms with Gasteiger partial charge in [0.25, 0.3) is 0 Å². The first-order valence-corrected chi connectivity index (χ1v) is 3.62. The van der Waals surface area contributed by atoms with E-state index in [9.17, 15) is 4.79 Å². The molecular formula is C8H13NO2. The van der Waals surface area contributed by atoms with Gasteiger partial charge in [-0.25, -0.2) is 0 Å². The highest BCUT2D eigenvalue weighted by atomic mass is 16.4. The van der Waals surface area contributed by atoms with Gasteiger partial charge in [-0.15, -0.1) is 12.3 Å². The molecule has 0 aliphatic heterocycles. The number of terminal acetylenes is 1. The fraction of sp³-hybridized carbons (Fsp3) is 0.625. The van der Waals surface area contributed by atoms with Crippen LogP contribution < -0.4 is 5.32 Å². The summed E-state index contributed by atoms with van der Waals surface area (Å²) in [6.07, 6.45) is 6.15. The van der Waals surface area contributed by atoms with Gasteiger partial charge in [-0.05, 0) is 6.42 Å². The Morgan fingerprint density at radius 3 is 2.82 bits per heavy atom. The van der Waals surface area contributed by atoms with Crippen molar-refractivity contribution in [1.82, 2.24) is 5.32 Å². The Labute approximate surface area is 66.8 Å². The molecule has 0 aromatic heterocycles. The molecule has 11 heavy (non-hydrogen) atoms. The molecular weight excluding hydrogens is 142 g/mol. The zero-order valence-corrected chi connectivity index (χ0v) is 6.63. The summed E-state index contributed by atoms with van der Waals surface area (Å²) in [5.41, 5.74) is 0. The third kappa shape index (κ3) is 4.40. The van der Waals surface area contributed by atoms with Crippen LogP contribution in [0.4, 0.5) is 0 Å². The zero-order valence-electron chi connectivity index (χ0n) is 6.63. The SMILES string of the molecule is C#CCCNC(CC)C(=O)O. The van der Waals surface area contributed by atoms with Crippen LogP contribution in [0.1, 0.15) is 19.8 Å². The van der Waals surface area contributed by atoms with Crippen LogP contribution in [0.15, 0.2) is 0 Å². The molecule has 3 nitrogen and oxygen atoms in total. The molecule has 0 bridgehead atoms. The molecule has 0 fully saturated rings. The number of nitrogens with one attached hydrogen (secondary N) is 1. The summed E-state index contributed by atoms with van der Waals surface area (Å²) in [6, 6.07) is -0.455. The van der Waals surface area contributed by atoms with Crippen LogP contribution in [0, 0.1) is 12.3 Å². The Morgan fingerprint density at radius 1 is 1.82 bits per heavy atom. The molecule has 0 aromatic carbocycles. The van der Waals surface area contributed by atoms with Gasteiger partial charge in [-0.3, -0.25) is 4.79 Å². The average Bonchev–Trinajstić information content (AvgIpc) is 1.97. The lowest BCUT2D eigenvalue weighted by Crippen LogP contribution is -2.36. The van der Waals surface area contributed by atoms with Crippen molar-refractivity contribution in [1.29, 1.82) is 0 Å². The van der Waals surface area contributed by atoms with Crippen molar-refractivity contribution in [2.75, 3.05) is 6.54 Å². The van der Waals surface area contributed by atoms with Crippen molar-refractivity contribution in [3.8, 4) is 12.3 Å². The van der Waals surface area contributed by atoms with E-state index >= 15 is 0 Å². The molecule has 1 unspecified atom stereocenters. The Kier molecular flexibility index (Phi) is 5.22. The maximum absolute atomic E-state index is 10.4. The van der Waals surface area contributed by atoms with Crippen molar-refractivity contribution in [3.63, 3.8) is 0 Å². The number of hydrogen-bond donors (Lipinski definition) is 2. The molecule has 2 N–H and O–H groups in total. The third-order valence-electron chi connectivity index (χ3n) is 1.37. The standard InChI is InChI=1S/C8H13NO2/c1-3-5-6-9-7(4-2)8(10)11/h1,7,9H,4-6H2,2H3,(H,10,11). The molecule has 0 aliphatic carbocycles. The molecule has 0 aliphatic rings. The molecule has 0 aromatic rings. The summed E-state index contributed by atoms with van der Waals surface area (Å²) in [5.74, 6) is 1.62. The van der Waals surface area contributed by atoms with Crippen molar-refractivity contribution in [2.24, 2.45) is 0 Å². The highest BCUT2D eigenvalue weighted by Gasteiger charge is 2.12. The van der Waals surface area contributed by atoms with E-state index in [1.807, 2.05) is 6.92 Å². The number of carboxylic acid groups (broad SMARTS) is 1. The van der Waals surface area contributed by atoms with Crippen LogP contribution in [0.3, 0.4) is 0 Å². The first kappa shape index (κ1) is 9.99. The summed E-state index contributed by atoms with van der Waals surface area (Å²) < 4.78 is 0. The highest BCUT2D eigenvalue weighted by Crippen LogP contribution is 1.90. The highest BCUT2D eigenvalue weighted by molar-refractivity contribution is 5.73. The largest absolute Gasteiger partial charge is 0.480 e. The summed E-state index contributed by atoms with van der Waals surface area (Å²) in [6.45, 7) is 2.39. The molecule has 0 saturated carbocycles. The van der Waals surface area contributed by atoms with Gasteiger partial charge in [0.15, 0.2) is 0 Å². The minimum Gasteiger partial charge on any atom is -0.480 e. The second-order valence-electron chi connectivity index (χ2n) is 2.21. The van der Waals surface area contributed by atoms with E-state index in [-0.39, 0.29) is 0 Å². The van der Waals surface area contributed by atoms with Gasteiger partial charge in [0.1, 0.15) is 6.04 Å². The lowest BCUT2D eigenvalue weighted by molar-refractivity contribution is -0.139. The number of carbonyl (C=O) groups is 1. The second-order valence-corrected chi connectivity index (χ2v) is 2.21. The first-order chi connectivity index (χ1) is 5.22. The Hall–Kier alpha value is -1.01. The van der Waals surface area contributed by atoms with Crippen molar-refractivity contribution < 1.29 is 9.90 Å². The Balaban J connectivity index is 3.54. The predicted octanol–water partition coefficient (Wildman–Crippen LogP) is 0.462. The topological polar surface area (TPSA) is 49.3 Å². The third-order valence-corrected chi connectivity index (χ3v) is 1.37. The number of rotatable bonds is 5. The average molecular weight is 155 g/mol. The fourth-order valence-corrected chi connectivity index (χ4v) is 0.725. The Bertz CT molecular complexity index is 160. The van der Waals surface area contributed by atoms with Gasteiger partial charge in [0.05, 0.1) is 0 Å². The second kappa shape index (κ2) is 5.75. The normalized spacial score (nSPS) is 12.0. The predicted molar refractivity (Wildman–Crippen MR) is 43.2 cm³/mol. The summed E-state index contributed by atoms with van der Waals surface area (Å²) in [7, 11) is 0. The van der Waals surface area contributed by atoms with Crippen LogP contribution in [-0.4, -0.2) is 23.7 Å². The van der Waals surface area contributed by atoms with E-state index < -0.39 is 12.0 Å². The minimum atomic E-state index is -0.815. The molecule has 0 heterocycles. The van der Waals surface area contributed by atoms with Gasteiger partial charge in [0, 0.05) is 13.0 Å². The van der Waals surface area contributed by atoms with Crippen molar-refractivity contribution in [2.45, 2.75) is 25.8 Å². The lowest BCUT2D eigenvalue weighted by atomic mass is 10.2. The molecule has 0 rings (SSSR count). The zero-order chi connectivity index (χ0) is 8.69. The molecule has 62 valence electrons. The smallest absolute Gasteiger partial charge is 0.320 e. The van der Waals surface area contributed by atoms with E-state index in [1.165, 1.54) is 0 Å². The van der Waals surface area contributed by atoms with Crippen LogP contribution in [0.5, 0.6) is 0 Å². The van der Waals surface area contributed by atoms with Gasteiger partial charge in [0.2, 0.25) is 0 Å². The van der Waals surface area contributed by atoms with Crippen LogP contribution in [0.2, 0.25) is 0 Å².